The summed E-state index contributed by atoms with van der Waals surface area (Å²) in [5, 5.41) is 9.53. The second-order valence-corrected chi connectivity index (χ2v) is 8.90. The minimum Gasteiger partial charge on any atom is -0.354 e. The summed E-state index contributed by atoms with van der Waals surface area (Å²) in [5.74, 6) is -0.694. The maximum absolute atomic E-state index is 12.6. The van der Waals surface area contributed by atoms with Crippen LogP contribution in [0.3, 0.4) is 0 Å². The zero-order chi connectivity index (χ0) is 21.0. The monoisotopic (exact) mass is 420 g/mol. The third-order valence-corrected chi connectivity index (χ3v) is 6.28. The Morgan fingerprint density at radius 3 is 2.66 bits per heavy atom. The first-order chi connectivity index (χ1) is 13.8. The molecule has 3 rings (SSSR count). The van der Waals surface area contributed by atoms with E-state index in [0.29, 0.717) is 17.8 Å². The molecule has 0 spiro atoms. The average molecular weight is 420 g/mol. The van der Waals surface area contributed by atoms with E-state index in [2.05, 4.69) is 15.7 Å². The number of amides is 2. The summed E-state index contributed by atoms with van der Waals surface area (Å²) in [4.78, 5) is 26.0. The van der Waals surface area contributed by atoms with Crippen LogP contribution in [-0.4, -0.2) is 79.5 Å². The molecule has 1 saturated heterocycles. The molecule has 1 aliphatic heterocycles. The molecule has 29 heavy (non-hydrogen) atoms. The summed E-state index contributed by atoms with van der Waals surface area (Å²) in [7, 11) is 0.154. The fraction of sp³-hybridized carbons (Fsp3) is 0.389. The lowest BCUT2D eigenvalue weighted by Crippen LogP contribution is -2.49. The van der Waals surface area contributed by atoms with Gasteiger partial charge in [0, 0.05) is 31.4 Å². The largest absolute Gasteiger partial charge is 0.354 e. The SMILES string of the molecule is CN(C)CCn1cc(NC(=O)c2ccc(S(=O)(=O)N3CCNC(=O)C3)cc2)cn1. The third-order valence-electron chi connectivity index (χ3n) is 4.43. The molecule has 2 heterocycles. The summed E-state index contributed by atoms with van der Waals surface area (Å²) in [5.41, 5.74) is 0.881. The predicted molar refractivity (Wildman–Crippen MR) is 107 cm³/mol. The van der Waals surface area contributed by atoms with E-state index in [-0.39, 0.29) is 36.3 Å². The first-order valence-electron chi connectivity index (χ1n) is 9.11. The Bertz CT molecular complexity index is 984. The highest BCUT2D eigenvalue weighted by Crippen LogP contribution is 2.18. The Morgan fingerprint density at radius 1 is 1.28 bits per heavy atom. The number of hydrogen-bond donors (Lipinski definition) is 2. The van der Waals surface area contributed by atoms with Crippen molar-refractivity contribution < 1.29 is 18.0 Å². The average Bonchev–Trinajstić information content (AvgIpc) is 3.14. The van der Waals surface area contributed by atoms with E-state index in [0.717, 1.165) is 10.8 Å². The number of benzene rings is 1. The topological polar surface area (TPSA) is 117 Å². The van der Waals surface area contributed by atoms with Crippen molar-refractivity contribution in [2.45, 2.75) is 11.4 Å². The van der Waals surface area contributed by atoms with Crippen LogP contribution in [-0.2, 0) is 21.4 Å². The molecule has 0 saturated carbocycles. The molecule has 156 valence electrons. The van der Waals surface area contributed by atoms with Crippen LogP contribution >= 0.6 is 0 Å². The summed E-state index contributed by atoms with van der Waals surface area (Å²) >= 11 is 0. The van der Waals surface area contributed by atoms with Gasteiger partial charge >= 0.3 is 0 Å². The minimum atomic E-state index is -3.78. The molecule has 2 aromatic rings. The van der Waals surface area contributed by atoms with Crippen molar-refractivity contribution in [3.8, 4) is 0 Å². The number of sulfonamides is 1. The molecular weight excluding hydrogens is 396 g/mol. The van der Waals surface area contributed by atoms with Crippen LogP contribution in [0.1, 0.15) is 10.4 Å². The van der Waals surface area contributed by atoms with Crippen molar-refractivity contribution in [1.82, 2.24) is 24.3 Å². The van der Waals surface area contributed by atoms with E-state index in [1.54, 1.807) is 17.1 Å². The van der Waals surface area contributed by atoms with Gasteiger partial charge in [-0.3, -0.25) is 14.3 Å². The molecular formula is C18H24N6O4S. The number of anilines is 1. The number of piperazine rings is 1. The van der Waals surface area contributed by atoms with Crippen LogP contribution in [0.2, 0.25) is 0 Å². The molecule has 2 amide bonds. The van der Waals surface area contributed by atoms with Crippen molar-refractivity contribution in [2.75, 3.05) is 45.6 Å². The number of carbonyl (C=O) groups is 2. The molecule has 0 bridgehead atoms. The highest BCUT2D eigenvalue weighted by molar-refractivity contribution is 7.89. The molecule has 1 aliphatic rings. The third kappa shape index (κ3) is 5.19. The number of hydrogen-bond acceptors (Lipinski definition) is 6. The maximum Gasteiger partial charge on any atom is 0.255 e. The summed E-state index contributed by atoms with van der Waals surface area (Å²) < 4.78 is 28.2. The molecule has 0 radical (unpaired) electrons. The first-order valence-corrected chi connectivity index (χ1v) is 10.5. The molecule has 0 unspecified atom stereocenters. The number of likely N-dealkylation sites (N-methyl/N-ethyl adjacent to an activating group) is 1. The molecule has 1 fully saturated rings. The summed E-state index contributed by atoms with van der Waals surface area (Å²) in [6, 6.07) is 5.64. The van der Waals surface area contributed by atoms with E-state index < -0.39 is 10.0 Å². The van der Waals surface area contributed by atoms with Crippen molar-refractivity contribution >= 4 is 27.5 Å². The lowest BCUT2D eigenvalue weighted by molar-refractivity contribution is -0.122. The zero-order valence-corrected chi connectivity index (χ0v) is 17.1. The molecule has 0 atom stereocenters. The van der Waals surface area contributed by atoms with Gasteiger partial charge in [0.05, 0.1) is 29.9 Å². The summed E-state index contributed by atoms with van der Waals surface area (Å²) in [6.45, 7) is 1.81. The number of nitrogens with zero attached hydrogens (tertiary/aromatic N) is 4. The van der Waals surface area contributed by atoms with Crippen molar-refractivity contribution in [1.29, 1.82) is 0 Å². The first kappa shape index (κ1) is 21.0. The van der Waals surface area contributed by atoms with Gasteiger partial charge in [0.15, 0.2) is 0 Å². The Kier molecular flexibility index (Phi) is 6.30. The molecule has 1 aromatic heterocycles. The Morgan fingerprint density at radius 2 is 2.00 bits per heavy atom. The van der Waals surface area contributed by atoms with E-state index in [1.165, 1.54) is 24.3 Å². The van der Waals surface area contributed by atoms with Crippen LogP contribution in [0.5, 0.6) is 0 Å². The number of nitrogens with one attached hydrogen (secondary N) is 2. The fourth-order valence-electron chi connectivity index (χ4n) is 2.80. The van der Waals surface area contributed by atoms with Crippen LogP contribution in [0, 0.1) is 0 Å². The zero-order valence-electron chi connectivity index (χ0n) is 16.3. The minimum absolute atomic E-state index is 0.0419. The van der Waals surface area contributed by atoms with Gasteiger partial charge in [-0.2, -0.15) is 9.40 Å². The lowest BCUT2D eigenvalue weighted by atomic mass is 10.2. The van der Waals surface area contributed by atoms with Gasteiger partial charge < -0.3 is 15.5 Å². The van der Waals surface area contributed by atoms with Crippen LogP contribution in [0.15, 0.2) is 41.6 Å². The molecule has 1 aromatic carbocycles. The summed E-state index contributed by atoms with van der Waals surface area (Å²) in [6.07, 6.45) is 3.30. The Balaban J connectivity index is 1.65. The van der Waals surface area contributed by atoms with Crippen LogP contribution in [0.25, 0.3) is 0 Å². The number of aromatic nitrogens is 2. The van der Waals surface area contributed by atoms with Gasteiger partial charge in [-0.15, -0.1) is 0 Å². The van der Waals surface area contributed by atoms with Crippen molar-refractivity contribution in [3.63, 3.8) is 0 Å². The standard InChI is InChI=1S/C18H24N6O4S/c1-22(2)9-10-23-12-15(11-20-23)21-18(26)14-3-5-16(6-4-14)29(27,28)24-8-7-19-17(25)13-24/h3-6,11-12H,7-10,13H2,1-2H3,(H,19,25)(H,21,26). The van der Waals surface area contributed by atoms with Gasteiger partial charge in [-0.25, -0.2) is 8.42 Å². The highest BCUT2D eigenvalue weighted by Gasteiger charge is 2.29. The molecule has 10 nitrogen and oxygen atoms in total. The van der Waals surface area contributed by atoms with E-state index in [1.807, 2.05) is 19.0 Å². The van der Waals surface area contributed by atoms with Gasteiger partial charge in [-0.1, -0.05) is 0 Å². The van der Waals surface area contributed by atoms with Gasteiger partial charge in [0.1, 0.15) is 0 Å². The van der Waals surface area contributed by atoms with Crippen LogP contribution in [0.4, 0.5) is 5.69 Å². The van der Waals surface area contributed by atoms with Crippen molar-refractivity contribution in [3.05, 3.63) is 42.2 Å². The second-order valence-electron chi connectivity index (χ2n) is 6.96. The lowest BCUT2D eigenvalue weighted by Gasteiger charge is -2.25. The number of rotatable bonds is 7. The normalized spacial score (nSPS) is 15.3. The predicted octanol–water partition coefficient (Wildman–Crippen LogP) is -0.182. The van der Waals surface area contributed by atoms with Crippen molar-refractivity contribution in [2.24, 2.45) is 0 Å². The molecule has 11 heteroatoms. The Labute approximate surface area is 169 Å². The van der Waals surface area contributed by atoms with Gasteiger partial charge in [-0.05, 0) is 38.4 Å². The highest BCUT2D eigenvalue weighted by atomic mass is 32.2. The fourth-order valence-corrected chi connectivity index (χ4v) is 4.20. The second kappa shape index (κ2) is 8.72. The van der Waals surface area contributed by atoms with E-state index in [9.17, 15) is 18.0 Å². The quantitative estimate of drug-likeness (QED) is 0.642. The van der Waals surface area contributed by atoms with E-state index in [4.69, 9.17) is 0 Å². The number of carbonyl (C=O) groups excluding carboxylic acids is 2. The molecule has 0 aliphatic carbocycles. The Hall–Kier alpha value is -2.76. The van der Waals surface area contributed by atoms with Crippen LogP contribution < -0.4 is 10.6 Å². The molecule has 2 N–H and O–H groups in total. The van der Waals surface area contributed by atoms with E-state index >= 15 is 0 Å². The van der Waals surface area contributed by atoms with Gasteiger partial charge in [0.2, 0.25) is 15.9 Å². The van der Waals surface area contributed by atoms with Gasteiger partial charge in [0.25, 0.3) is 5.91 Å². The smallest absolute Gasteiger partial charge is 0.255 e. The maximum atomic E-state index is 12.6.